The molecule has 0 saturated carbocycles. The van der Waals surface area contributed by atoms with Crippen LogP contribution in [0.2, 0.25) is 0 Å². The highest BCUT2D eigenvalue weighted by atomic mass is 16.1. The van der Waals surface area contributed by atoms with Gasteiger partial charge in [-0.15, -0.1) is 0 Å². The maximum absolute atomic E-state index is 11.7. The molecule has 0 radical (unpaired) electrons. The van der Waals surface area contributed by atoms with Gasteiger partial charge < -0.3 is 9.88 Å². The standard InChI is InChI=1S/C22H27N3O/c1-2-9-22(26)23-16-15-21-24-19-13-6-7-14-20(19)25(21)17-8-12-18-10-4-3-5-11-18/h3-7,10-11,13-14H,2,8-9,12,15-17H2,1H3,(H,23,26). The van der Waals surface area contributed by atoms with Gasteiger partial charge in [-0.25, -0.2) is 4.98 Å². The number of hydrogen-bond acceptors (Lipinski definition) is 2. The molecule has 0 saturated heterocycles. The van der Waals surface area contributed by atoms with Crippen LogP contribution in [-0.4, -0.2) is 22.0 Å². The number of rotatable bonds is 9. The summed E-state index contributed by atoms with van der Waals surface area (Å²) < 4.78 is 2.31. The molecule has 3 aromatic rings. The molecule has 136 valence electrons. The fraction of sp³-hybridized carbons (Fsp3) is 0.364. The second-order valence-corrected chi connectivity index (χ2v) is 6.61. The summed E-state index contributed by atoms with van der Waals surface area (Å²) in [5.74, 6) is 1.18. The average molecular weight is 349 g/mol. The lowest BCUT2D eigenvalue weighted by Gasteiger charge is -2.10. The molecule has 1 amide bonds. The lowest BCUT2D eigenvalue weighted by atomic mass is 10.1. The average Bonchev–Trinajstić information content (AvgIpc) is 3.01. The Balaban J connectivity index is 1.67. The third-order valence-corrected chi connectivity index (χ3v) is 4.57. The molecule has 0 atom stereocenters. The Morgan fingerprint density at radius 1 is 1.04 bits per heavy atom. The molecule has 0 aliphatic carbocycles. The number of aryl methyl sites for hydroxylation is 2. The first kappa shape index (κ1) is 18.2. The van der Waals surface area contributed by atoms with Crippen molar-refractivity contribution < 1.29 is 4.79 Å². The minimum absolute atomic E-state index is 0.124. The largest absolute Gasteiger partial charge is 0.356 e. The summed E-state index contributed by atoms with van der Waals surface area (Å²) in [6, 6.07) is 18.9. The Morgan fingerprint density at radius 3 is 2.62 bits per heavy atom. The summed E-state index contributed by atoms with van der Waals surface area (Å²) in [4.78, 5) is 16.5. The molecular weight excluding hydrogens is 322 g/mol. The van der Waals surface area contributed by atoms with Gasteiger partial charge in [0.2, 0.25) is 5.91 Å². The monoisotopic (exact) mass is 349 g/mol. The zero-order chi connectivity index (χ0) is 18.2. The Bertz CT molecular complexity index is 839. The molecular formula is C22H27N3O. The highest BCUT2D eigenvalue weighted by molar-refractivity contribution is 5.76. The molecule has 0 aliphatic rings. The van der Waals surface area contributed by atoms with E-state index in [1.807, 2.05) is 13.0 Å². The van der Waals surface area contributed by atoms with Crippen molar-refractivity contribution in [1.29, 1.82) is 0 Å². The van der Waals surface area contributed by atoms with Crippen LogP contribution in [0.3, 0.4) is 0 Å². The first-order valence-electron chi connectivity index (χ1n) is 9.52. The molecule has 0 aliphatic heterocycles. The minimum atomic E-state index is 0.124. The van der Waals surface area contributed by atoms with Crippen molar-refractivity contribution in [2.24, 2.45) is 0 Å². The molecule has 0 unspecified atom stereocenters. The molecule has 0 fully saturated rings. The van der Waals surface area contributed by atoms with Crippen LogP contribution >= 0.6 is 0 Å². The van der Waals surface area contributed by atoms with Crippen molar-refractivity contribution in [3.8, 4) is 0 Å². The number of amides is 1. The number of carbonyl (C=O) groups excluding carboxylic acids is 1. The van der Waals surface area contributed by atoms with Crippen molar-refractivity contribution in [1.82, 2.24) is 14.9 Å². The molecule has 1 heterocycles. The molecule has 26 heavy (non-hydrogen) atoms. The topological polar surface area (TPSA) is 46.9 Å². The van der Waals surface area contributed by atoms with Gasteiger partial charge >= 0.3 is 0 Å². The van der Waals surface area contributed by atoms with E-state index < -0.39 is 0 Å². The van der Waals surface area contributed by atoms with Gasteiger partial charge in [-0.05, 0) is 37.0 Å². The lowest BCUT2D eigenvalue weighted by molar-refractivity contribution is -0.121. The van der Waals surface area contributed by atoms with Crippen molar-refractivity contribution in [2.45, 2.75) is 45.6 Å². The number of hydrogen-bond donors (Lipinski definition) is 1. The molecule has 1 aromatic heterocycles. The SMILES string of the molecule is CCCC(=O)NCCc1nc2ccccc2n1CCCc1ccccc1. The van der Waals surface area contributed by atoms with Crippen LogP contribution < -0.4 is 5.32 Å². The number of imidazole rings is 1. The maximum atomic E-state index is 11.7. The number of nitrogens with zero attached hydrogens (tertiary/aromatic N) is 2. The number of aromatic nitrogens is 2. The number of carbonyl (C=O) groups is 1. The Morgan fingerprint density at radius 2 is 1.81 bits per heavy atom. The molecule has 4 heteroatoms. The molecule has 3 rings (SSSR count). The predicted octanol–water partition coefficient (Wildman–Crippen LogP) is 4.13. The van der Waals surface area contributed by atoms with Gasteiger partial charge in [0.05, 0.1) is 11.0 Å². The molecule has 4 nitrogen and oxygen atoms in total. The van der Waals surface area contributed by atoms with Crippen molar-refractivity contribution >= 4 is 16.9 Å². The maximum Gasteiger partial charge on any atom is 0.219 e. The number of fused-ring (bicyclic) bond motifs is 1. The quantitative estimate of drug-likeness (QED) is 0.631. The van der Waals surface area contributed by atoms with Crippen molar-refractivity contribution in [2.75, 3.05) is 6.54 Å². The summed E-state index contributed by atoms with van der Waals surface area (Å²) in [5.41, 5.74) is 3.57. The zero-order valence-electron chi connectivity index (χ0n) is 15.4. The summed E-state index contributed by atoms with van der Waals surface area (Å²) >= 11 is 0. The third-order valence-electron chi connectivity index (χ3n) is 4.57. The Kier molecular flexibility index (Phi) is 6.42. The van der Waals surface area contributed by atoms with E-state index in [1.165, 1.54) is 11.1 Å². The number of benzene rings is 2. The summed E-state index contributed by atoms with van der Waals surface area (Å²) in [5, 5.41) is 2.99. The Hall–Kier alpha value is -2.62. The second-order valence-electron chi connectivity index (χ2n) is 6.61. The molecule has 0 bridgehead atoms. The number of para-hydroxylation sites is 2. The second kappa shape index (κ2) is 9.18. The smallest absolute Gasteiger partial charge is 0.219 e. The van der Waals surface area contributed by atoms with Crippen molar-refractivity contribution in [3.05, 3.63) is 66.0 Å². The van der Waals surface area contributed by atoms with E-state index in [1.54, 1.807) is 0 Å². The van der Waals surface area contributed by atoms with Crippen LogP contribution in [-0.2, 0) is 24.2 Å². The van der Waals surface area contributed by atoms with E-state index in [-0.39, 0.29) is 5.91 Å². The van der Waals surface area contributed by atoms with Gasteiger partial charge in [-0.1, -0.05) is 49.4 Å². The molecule has 1 N–H and O–H groups in total. The van der Waals surface area contributed by atoms with Gasteiger partial charge in [0.25, 0.3) is 0 Å². The van der Waals surface area contributed by atoms with Gasteiger partial charge in [0.1, 0.15) is 5.82 Å². The normalized spacial score (nSPS) is 11.0. The van der Waals surface area contributed by atoms with Crippen LogP contribution in [0, 0.1) is 0 Å². The minimum Gasteiger partial charge on any atom is -0.356 e. The first-order valence-corrected chi connectivity index (χ1v) is 9.52. The summed E-state index contributed by atoms with van der Waals surface area (Å²) in [6.07, 6.45) is 4.35. The molecule has 0 spiro atoms. The molecule has 2 aromatic carbocycles. The third kappa shape index (κ3) is 4.72. The summed E-state index contributed by atoms with van der Waals surface area (Å²) in [6.45, 7) is 3.60. The fourth-order valence-electron chi connectivity index (χ4n) is 3.28. The van der Waals surface area contributed by atoms with Gasteiger partial charge in [-0.2, -0.15) is 0 Å². The first-order chi connectivity index (χ1) is 12.8. The van der Waals surface area contributed by atoms with E-state index >= 15 is 0 Å². The van der Waals surface area contributed by atoms with E-state index in [0.717, 1.165) is 43.6 Å². The van der Waals surface area contributed by atoms with Gasteiger partial charge in [-0.3, -0.25) is 4.79 Å². The van der Waals surface area contributed by atoms with Crippen LogP contribution in [0.25, 0.3) is 11.0 Å². The fourth-order valence-corrected chi connectivity index (χ4v) is 3.28. The number of nitrogens with one attached hydrogen (secondary N) is 1. The highest BCUT2D eigenvalue weighted by Crippen LogP contribution is 2.17. The van der Waals surface area contributed by atoms with E-state index in [0.29, 0.717) is 13.0 Å². The van der Waals surface area contributed by atoms with Crippen LogP contribution in [0.4, 0.5) is 0 Å². The van der Waals surface area contributed by atoms with Crippen molar-refractivity contribution in [3.63, 3.8) is 0 Å². The van der Waals surface area contributed by atoms with Crippen LogP contribution in [0.15, 0.2) is 54.6 Å². The van der Waals surface area contributed by atoms with Gasteiger partial charge in [0, 0.05) is 25.9 Å². The van der Waals surface area contributed by atoms with Crippen LogP contribution in [0.1, 0.15) is 37.6 Å². The van der Waals surface area contributed by atoms with Crippen LogP contribution in [0.5, 0.6) is 0 Å². The van der Waals surface area contributed by atoms with E-state index in [2.05, 4.69) is 58.4 Å². The zero-order valence-corrected chi connectivity index (χ0v) is 15.4. The Labute approximate surface area is 155 Å². The van der Waals surface area contributed by atoms with Gasteiger partial charge in [0.15, 0.2) is 0 Å². The summed E-state index contributed by atoms with van der Waals surface area (Å²) in [7, 11) is 0. The predicted molar refractivity (Wildman–Crippen MR) is 106 cm³/mol. The van der Waals surface area contributed by atoms with E-state index in [4.69, 9.17) is 4.98 Å². The highest BCUT2D eigenvalue weighted by Gasteiger charge is 2.10. The van der Waals surface area contributed by atoms with E-state index in [9.17, 15) is 4.79 Å². The lowest BCUT2D eigenvalue weighted by Crippen LogP contribution is -2.26.